The van der Waals surface area contributed by atoms with Crippen molar-refractivity contribution < 1.29 is 4.58 Å². The lowest BCUT2D eigenvalue weighted by Crippen LogP contribution is -2.17. The van der Waals surface area contributed by atoms with Gasteiger partial charge in [0, 0.05) is 0 Å². The SMILES string of the molecule is CCc1ccc(N2C=[N+](c3ccc(CC)cc3)CC2)cc1. The van der Waals surface area contributed by atoms with Gasteiger partial charge in [0.1, 0.15) is 24.5 Å². The molecule has 2 heteroatoms. The average molecular weight is 279 g/mol. The Morgan fingerprint density at radius 2 is 1.43 bits per heavy atom. The first kappa shape index (κ1) is 13.9. The van der Waals surface area contributed by atoms with E-state index in [0.717, 1.165) is 25.9 Å². The van der Waals surface area contributed by atoms with E-state index in [2.05, 4.69) is 78.2 Å². The first-order valence-electron chi connectivity index (χ1n) is 7.86. The predicted octanol–water partition coefficient (Wildman–Crippen LogP) is 4.00. The van der Waals surface area contributed by atoms with E-state index < -0.39 is 0 Å². The molecule has 0 atom stereocenters. The first-order valence-corrected chi connectivity index (χ1v) is 7.86. The van der Waals surface area contributed by atoms with Crippen LogP contribution in [0.4, 0.5) is 11.4 Å². The number of benzene rings is 2. The van der Waals surface area contributed by atoms with Gasteiger partial charge in [0.2, 0.25) is 6.34 Å². The van der Waals surface area contributed by atoms with Crippen molar-refractivity contribution in [1.82, 2.24) is 0 Å². The van der Waals surface area contributed by atoms with Gasteiger partial charge >= 0.3 is 0 Å². The van der Waals surface area contributed by atoms with Gasteiger partial charge in [0.25, 0.3) is 0 Å². The van der Waals surface area contributed by atoms with Crippen LogP contribution in [0.2, 0.25) is 0 Å². The third-order valence-corrected chi connectivity index (χ3v) is 4.21. The Morgan fingerprint density at radius 1 is 0.857 bits per heavy atom. The van der Waals surface area contributed by atoms with Crippen LogP contribution in [0.3, 0.4) is 0 Å². The number of nitrogens with zero attached hydrogens (tertiary/aromatic N) is 2. The van der Waals surface area contributed by atoms with Crippen LogP contribution >= 0.6 is 0 Å². The summed E-state index contributed by atoms with van der Waals surface area (Å²) in [6.07, 6.45) is 4.42. The van der Waals surface area contributed by atoms with Crippen LogP contribution in [0, 0.1) is 0 Å². The van der Waals surface area contributed by atoms with Crippen LogP contribution in [0.1, 0.15) is 25.0 Å². The summed E-state index contributed by atoms with van der Waals surface area (Å²) < 4.78 is 2.33. The molecule has 0 N–H and O–H groups in total. The van der Waals surface area contributed by atoms with Gasteiger partial charge in [-0.25, -0.2) is 9.48 Å². The quantitative estimate of drug-likeness (QED) is 0.767. The van der Waals surface area contributed by atoms with Crippen molar-refractivity contribution in [1.29, 1.82) is 0 Å². The largest absolute Gasteiger partial charge is 0.244 e. The molecule has 0 spiro atoms. The fourth-order valence-electron chi connectivity index (χ4n) is 2.74. The Balaban J connectivity index is 1.79. The maximum absolute atomic E-state index is 2.33. The van der Waals surface area contributed by atoms with Crippen molar-refractivity contribution in [2.24, 2.45) is 0 Å². The van der Waals surface area contributed by atoms with E-state index in [9.17, 15) is 0 Å². The van der Waals surface area contributed by atoms with Crippen molar-refractivity contribution in [3.63, 3.8) is 0 Å². The molecule has 0 radical (unpaired) electrons. The summed E-state index contributed by atoms with van der Waals surface area (Å²) in [5, 5.41) is 0. The second-order valence-electron chi connectivity index (χ2n) is 5.54. The van der Waals surface area contributed by atoms with Crippen LogP contribution in [0.15, 0.2) is 48.5 Å². The standard InChI is InChI=1S/C19H23N2/c1-3-16-5-9-18(10-6-16)20-13-14-21(15-20)19-11-7-17(4-2)8-12-19/h5-12,15H,3-4,13-14H2,1-2H3/q+1. The number of aryl methyl sites for hydroxylation is 2. The molecule has 0 bridgehead atoms. The number of anilines is 1. The van der Waals surface area contributed by atoms with Gasteiger partial charge in [-0.2, -0.15) is 0 Å². The Hall–Kier alpha value is -2.09. The average Bonchev–Trinajstić information content (AvgIpc) is 3.05. The highest BCUT2D eigenvalue weighted by Crippen LogP contribution is 2.20. The molecule has 2 aromatic rings. The zero-order chi connectivity index (χ0) is 14.7. The second-order valence-corrected chi connectivity index (χ2v) is 5.54. The molecule has 0 aromatic heterocycles. The van der Waals surface area contributed by atoms with Gasteiger partial charge in [-0.05, 0) is 48.2 Å². The summed E-state index contributed by atoms with van der Waals surface area (Å²) in [6.45, 7) is 6.47. The summed E-state index contributed by atoms with van der Waals surface area (Å²) in [4.78, 5) is 2.33. The summed E-state index contributed by atoms with van der Waals surface area (Å²) in [7, 11) is 0. The van der Waals surface area contributed by atoms with Gasteiger partial charge in [0.05, 0.1) is 0 Å². The molecule has 1 aliphatic rings. The van der Waals surface area contributed by atoms with E-state index in [1.54, 1.807) is 0 Å². The molecule has 21 heavy (non-hydrogen) atoms. The summed E-state index contributed by atoms with van der Waals surface area (Å²) in [5.41, 5.74) is 5.34. The predicted molar refractivity (Wildman–Crippen MR) is 89.8 cm³/mol. The van der Waals surface area contributed by atoms with E-state index in [0.29, 0.717) is 0 Å². The molecule has 2 nitrogen and oxygen atoms in total. The number of hydrogen-bond donors (Lipinski definition) is 0. The van der Waals surface area contributed by atoms with Gasteiger partial charge in [-0.15, -0.1) is 0 Å². The molecule has 0 saturated heterocycles. The van der Waals surface area contributed by atoms with Crippen molar-refractivity contribution in [3.8, 4) is 0 Å². The monoisotopic (exact) mass is 279 g/mol. The molecular formula is C19H23N2+. The minimum absolute atomic E-state index is 1.04. The smallest absolute Gasteiger partial charge is 0.230 e. The molecule has 0 fully saturated rings. The van der Waals surface area contributed by atoms with Crippen LogP contribution in [-0.4, -0.2) is 24.0 Å². The van der Waals surface area contributed by atoms with Crippen LogP contribution < -0.4 is 4.90 Å². The van der Waals surface area contributed by atoms with Crippen molar-refractivity contribution in [2.45, 2.75) is 26.7 Å². The third kappa shape index (κ3) is 2.99. The van der Waals surface area contributed by atoms with Crippen LogP contribution in [0.25, 0.3) is 0 Å². The fraction of sp³-hybridized carbons (Fsp3) is 0.316. The maximum Gasteiger partial charge on any atom is 0.244 e. The van der Waals surface area contributed by atoms with Crippen molar-refractivity contribution in [2.75, 3.05) is 18.0 Å². The van der Waals surface area contributed by atoms with Gasteiger partial charge < -0.3 is 0 Å². The van der Waals surface area contributed by atoms with E-state index in [1.165, 1.54) is 22.5 Å². The number of rotatable bonds is 4. The highest BCUT2D eigenvalue weighted by Gasteiger charge is 2.22. The van der Waals surface area contributed by atoms with Gasteiger partial charge in [0.15, 0.2) is 0 Å². The lowest BCUT2D eigenvalue weighted by atomic mass is 10.1. The summed E-state index contributed by atoms with van der Waals surface area (Å²) >= 11 is 0. The summed E-state index contributed by atoms with van der Waals surface area (Å²) in [6, 6.07) is 17.8. The molecule has 0 aliphatic carbocycles. The Labute approximate surface area is 127 Å². The topological polar surface area (TPSA) is 6.25 Å². The molecule has 108 valence electrons. The van der Waals surface area contributed by atoms with E-state index in [-0.39, 0.29) is 0 Å². The highest BCUT2D eigenvalue weighted by atomic mass is 15.3. The molecule has 0 amide bonds. The molecule has 3 rings (SSSR count). The summed E-state index contributed by atoms with van der Waals surface area (Å²) in [5.74, 6) is 0. The Bertz CT molecular complexity index is 624. The molecule has 1 aliphatic heterocycles. The molecule has 0 unspecified atom stereocenters. The van der Waals surface area contributed by atoms with Crippen LogP contribution in [-0.2, 0) is 12.8 Å². The maximum atomic E-state index is 2.33. The minimum Gasteiger partial charge on any atom is -0.230 e. The van der Waals surface area contributed by atoms with Gasteiger partial charge in [-0.1, -0.05) is 38.1 Å². The molecule has 2 aromatic carbocycles. The van der Waals surface area contributed by atoms with E-state index in [4.69, 9.17) is 0 Å². The molecule has 0 saturated carbocycles. The lowest BCUT2D eigenvalue weighted by molar-refractivity contribution is -0.424. The van der Waals surface area contributed by atoms with E-state index >= 15 is 0 Å². The zero-order valence-electron chi connectivity index (χ0n) is 12.9. The van der Waals surface area contributed by atoms with Crippen molar-refractivity contribution >= 4 is 17.7 Å². The van der Waals surface area contributed by atoms with E-state index in [1.807, 2.05) is 0 Å². The van der Waals surface area contributed by atoms with Crippen molar-refractivity contribution in [3.05, 3.63) is 59.7 Å². The normalized spacial score (nSPS) is 14.4. The Morgan fingerprint density at radius 3 is 2.00 bits per heavy atom. The second kappa shape index (κ2) is 6.13. The molecule has 1 heterocycles. The molecular weight excluding hydrogens is 256 g/mol. The Kier molecular flexibility index (Phi) is 4.05. The first-order chi connectivity index (χ1) is 10.3. The minimum atomic E-state index is 1.04. The van der Waals surface area contributed by atoms with Gasteiger partial charge in [-0.3, -0.25) is 0 Å². The lowest BCUT2D eigenvalue weighted by Gasteiger charge is -2.06. The van der Waals surface area contributed by atoms with Crippen LogP contribution in [0.5, 0.6) is 0 Å². The zero-order valence-corrected chi connectivity index (χ0v) is 12.9. The number of hydrogen-bond acceptors (Lipinski definition) is 1. The fourth-order valence-corrected chi connectivity index (χ4v) is 2.74. The highest BCUT2D eigenvalue weighted by molar-refractivity contribution is 5.78. The third-order valence-electron chi connectivity index (χ3n) is 4.21.